The minimum absolute atomic E-state index is 0.336. The van der Waals surface area contributed by atoms with Gasteiger partial charge in [0.1, 0.15) is 0 Å². The van der Waals surface area contributed by atoms with Crippen LogP contribution in [-0.4, -0.2) is 21.1 Å². The number of carbonyl (C=O) groups excluding carboxylic acids is 1. The Hall–Kier alpha value is -3.49. The van der Waals surface area contributed by atoms with Crippen LogP contribution in [0.15, 0.2) is 67.1 Å². The number of hydroxylamine groups is 1. The molecule has 3 rings (SSSR count). The quantitative estimate of drug-likeness (QED) is 0.422. The maximum Gasteiger partial charge on any atom is 0.274 e. The Morgan fingerprint density at radius 2 is 1.73 bits per heavy atom. The molecular weight excluding hydrogens is 326 g/mol. The van der Waals surface area contributed by atoms with Crippen LogP contribution < -0.4 is 5.48 Å². The number of rotatable bonds is 2. The van der Waals surface area contributed by atoms with Gasteiger partial charge in [0, 0.05) is 40.8 Å². The van der Waals surface area contributed by atoms with E-state index in [1.54, 1.807) is 23.9 Å². The van der Waals surface area contributed by atoms with Crippen molar-refractivity contribution in [3.63, 3.8) is 0 Å². The zero-order valence-electron chi connectivity index (χ0n) is 14.6. The second-order valence-corrected chi connectivity index (χ2v) is 4.94. The lowest BCUT2D eigenvalue weighted by molar-refractivity contribution is 0.0706. The molecule has 0 spiro atoms. The number of hydrogen-bond acceptors (Lipinski definition) is 4. The van der Waals surface area contributed by atoms with Crippen LogP contribution in [0.4, 0.5) is 0 Å². The summed E-state index contributed by atoms with van der Waals surface area (Å²) in [5, 5.41) is 8.70. The molecule has 0 radical (unpaired) electrons. The van der Waals surface area contributed by atoms with Crippen molar-refractivity contribution in [3.8, 4) is 23.1 Å². The zero-order valence-corrected chi connectivity index (χ0v) is 14.6. The molecule has 5 nitrogen and oxygen atoms in total. The van der Waals surface area contributed by atoms with E-state index in [9.17, 15) is 4.79 Å². The van der Waals surface area contributed by atoms with Crippen molar-refractivity contribution in [2.75, 3.05) is 0 Å². The van der Waals surface area contributed by atoms with E-state index in [4.69, 9.17) is 5.21 Å². The molecule has 0 aliphatic carbocycles. The number of amides is 1. The van der Waals surface area contributed by atoms with Crippen molar-refractivity contribution in [2.24, 2.45) is 0 Å². The first kappa shape index (κ1) is 18.8. The molecule has 130 valence electrons. The molecule has 0 fully saturated rings. The molecule has 1 amide bonds. The molecule has 0 unspecified atom stereocenters. The monoisotopic (exact) mass is 345 g/mol. The van der Waals surface area contributed by atoms with Gasteiger partial charge in [-0.1, -0.05) is 37.8 Å². The Labute approximate surface area is 152 Å². The van der Waals surface area contributed by atoms with Crippen molar-refractivity contribution in [1.29, 1.82) is 0 Å². The third-order valence-electron chi connectivity index (χ3n) is 3.32. The minimum Gasteiger partial charge on any atom is -0.288 e. The number of hydrogen-bond donors (Lipinski definition) is 2. The molecule has 5 heteroatoms. The lowest BCUT2D eigenvalue weighted by atomic mass is 10.1. The van der Waals surface area contributed by atoms with E-state index in [1.165, 1.54) is 12.3 Å². The fourth-order valence-electron chi connectivity index (χ4n) is 2.10. The maximum atomic E-state index is 11.5. The van der Waals surface area contributed by atoms with E-state index in [0.29, 0.717) is 11.3 Å². The topological polar surface area (TPSA) is 75.1 Å². The van der Waals surface area contributed by atoms with Gasteiger partial charge in [-0.2, -0.15) is 0 Å². The van der Waals surface area contributed by atoms with Crippen molar-refractivity contribution < 1.29 is 10.0 Å². The van der Waals surface area contributed by atoms with E-state index >= 15 is 0 Å². The molecule has 2 aromatic heterocycles. The van der Waals surface area contributed by atoms with E-state index in [1.807, 2.05) is 50.2 Å². The lowest BCUT2D eigenvalue weighted by Gasteiger charge is -2.03. The Kier molecular flexibility index (Phi) is 7.04. The van der Waals surface area contributed by atoms with Gasteiger partial charge in [-0.05, 0) is 36.4 Å². The van der Waals surface area contributed by atoms with Crippen LogP contribution in [0.3, 0.4) is 0 Å². The lowest BCUT2D eigenvalue weighted by Crippen LogP contribution is -2.18. The van der Waals surface area contributed by atoms with Gasteiger partial charge in [-0.15, -0.1) is 0 Å². The van der Waals surface area contributed by atoms with Crippen LogP contribution in [-0.2, 0) is 0 Å². The highest BCUT2D eigenvalue weighted by Gasteiger charge is 2.06. The van der Waals surface area contributed by atoms with Crippen LogP contribution in [0, 0.1) is 11.8 Å². The minimum atomic E-state index is -0.572. The Morgan fingerprint density at radius 1 is 1.00 bits per heavy atom. The van der Waals surface area contributed by atoms with Gasteiger partial charge in [-0.3, -0.25) is 20.0 Å². The van der Waals surface area contributed by atoms with Crippen LogP contribution in [0.2, 0.25) is 0 Å². The average Bonchev–Trinajstić information content (AvgIpc) is 2.74. The highest BCUT2D eigenvalue weighted by atomic mass is 16.5. The number of nitrogens with one attached hydrogen (secondary N) is 1. The van der Waals surface area contributed by atoms with Crippen LogP contribution in [0.25, 0.3) is 11.3 Å². The van der Waals surface area contributed by atoms with E-state index in [-0.39, 0.29) is 0 Å². The number of benzene rings is 1. The molecule has 0 aliphatic heterocycles. The summed E-state index contributed by atoms with van der Waals surface area (Å²) in [6.45, 7) is 4.00. The Balaban J connectivity index is 0.00000117. The highest BCUT2D eigenvalue weighted by Crippen LogP contribution is 2.18. The van der Waals surface area contributed by atoms with E-state index in [2.05, 4.69) is 21.8 Å². The largest absolute Gasteiger partial charge is 0.288 e. The van der Waals surface area contributed by atoms with Gasteiger partial charge in [0.25, 0.3) is 5.91 Å². The van der Waals surface area contributed by atoms with Gasteiger partial charge in [0.2, 0.25) is 0 Å². The van der Waals surface area contributed by atoms with Crippen LogP contribution >= 0.6 is 0 Å². The maximum absolute atomic E-state index is 11.5. The predicted octanol–water partition coefficient (Wildman–Crippen LogP) is 3.69. The van der Waals surface area contributed by atoms with E-state index in [0.717, 1.165) is 16.7 Å². The van der Waals surface area contributed by atoms with Crippen LogP contribution in [0.5, 0.6) is 0 Å². The van der Waals surface area contributed by atoms with Gasteiger partial charge < -0.3 is 0 Å². The third-order valence-corrected chi connectivity index (χ3v) is 3.32. The van der Waals surface area contributed by atoms with Crippen LogP contribution in [0.1, 0.15) is 35.3 Å². The number of carbonyl (C=O) groups is 1. The summed E-state index contributed by atoms with van der Waals surface area (Å²) in [6, 6.07) is 14.4. The number of nitrogens with zero attached hydrogens (tertiary/aromatic N) is 2. The second kappa shape index (κ2) is 9.72. The first-order valence-corrected chi connectivity index (χ1v) is 8.19. The molecule has 1 aromatic carbocycles. The molecular formula is C21H19N3O2. The third kappa shape index (κ3) is 5.00. The SMILES string of the molecule is CC.O=C(NO)c1ccnc(-c2ccc(C#Cc3cccnc3)cc2)c1. The van der Waals surface area contributed by atoms with Gasteiger partial charge in [0.15, 0.2) is 0 Å². The molecule has 0 saturated carbocycles. The van der Waals surface area contributed by atoms with Crippen molar-refractivity contribution in [2.45, 2.75) is 13.8 Å². The van der Waals surface area contributed by atoms with E-state index < -0.39 is 5.91 Å². The first-order valence-electron chi connectivity index (χ1n) is 8.19. The Bertz CT molecular complexity index is 911. The smallest absolute Gasteiger partial charge is 0.274 e. The summed E-state index contributed by atoms with van der Waals surface area (Å²) in [7, 11) is 0. The number of pyridine rings is 2. The average molecular weight is 345 g/mol. The second-order valence-electron chi connectivity index (χ2n) is 4.94. The summed E-state index contributed by atoms with van der Waals surface area (Å²) in [4.78, 5) is 19.7. The van der Waals surface area contributed by atoms with Gasteiger partial charge >= 0.3 is 0 Å². The number of aromatic nitrogens is 2. The standard InChI is InChI=1S/C19H13N3O2.C2H6/c23-19(22-24)17-9-11-21-18(12-17)16-7-5-14(6-8-16)3-4-15-2-1-10-20-13-15;1-2/h1-2,5-13,24H,(H,22,23);1-2H3. The molecule has 3 aromatic rings. The van der Waals surface area contributed by atoms with Gasteiger partial charge in [-0.25, -0.2) is 5.48 Å². The van der Waals surface area contributed by atoms with Crippen molar-refractivity contribution >= 4 is 5.91 Å². The fourth-order valence-corrected chi connectivity index (χ4v) is 2.10. The zero-order chi connectivity index (χ0) is 18.8. The summed E-state index contributed by atoms with van der Waals surface area (Å²) < 4.78 is 0. The fraction of sp³-hybridized carbons (Fsp3) is 0.0952. The van der Waals surface area contributed by atoms with Crippen molar-refractivity contribution in [3.05, 3.63) is 83.8 Å². The summed E-state index contributed by atoms with van der Waals surface area (Å²) in [5.41, 5.74) is 5.17. The molecule has 0 aliphatic rings. The first-order chi connectivity index (χ1) is 12.8. The molecule has 0 bridgehead atoms. The molecule has 0 saturated heterocycles. The normalized spacial score (nSPS) is 9.19. The Morgan fingerprint density at radius 3 is 2.38 bits per heavy atom. The highest BCUT2D eigenvalue weighted by molar-refractivity contribution is 5.94. The van der Waals surface area contributed by atoms with Gasteiger partial charge in [0.05, 0.1) is 5.69 Å². The predicted molar refractivity (Wildman–Crippen MR) is 100 cm³/mol. The summed E-state index contributed by atoms with van der Waals surface area (Å²) >= 11 is 0. The summed E-state index contributed by atoms with van der Waals surface area (Å²) in [6.07, 6.45) is 4.94. The molecule has 26 heavy (non-hydrogen) atoms. The summed E-state index contributed by atoms with van der Waals surface area (Å²) in [5.74, 6) is 5.54. The molecule has 0 atom stereocenters. The molecule has 2 heterocycles. The van der Waals surface area contributed by atoms with Crippen molar-refractivity contribution in [1.82, 2.24) is 15.4 Å². The molecule has 2 N–H and O–H groups in total.